The van der Waals surface area contributed by atoms with E-state index in [4.69, 9.17) is 4.74 Å². The average Bonchev–Trinajstić information content (AvgIpc) is 2.98. The van der Waals surface area contributed by atoms with Crippen LogP contribution in [-0.2, 0) is 16.1 Å². The Kier molecular flexibility index (Phi) is 36.7. The maximum atomic E-state index is 15.6. The zero-order valence-electron chi connectivity index (χ0n) is 25.6. The van der Waals surface area contributed by atoms with Crippen molar-refractivity contribution in [2.45, 2.75) is 16.2 Å². The van der Waals surface area contributed by atoms with Crippen LogP contribution in [0.2, 0.25) is 0 Å². The fourth-order valence-electron chi connectivity index (χ4n) is 4.40. The van der Waals surface area contributed by atoms with E-state index in [9.17, 15) is 4.79 Å². The molecule has 0 fully saturated rings. The van der Waals surface area contributed by atoms with E-state index in [0.29, 0.717) is 10.6 Å². The molecule has 0 aliphatic rings. The average molecular weight is 740 g/mol. The number of hydrogen-bond acceptors (Lipinski definition) is 3. The van der Waals surface area contributed by atoms with E-state index >= 15 is 4.39 Å². The fourth-order valence-corrected chi connectivity index (χ4v) is 5.78. The summed E-state index contributed by atoms with van der Waals surface area (Å²) in [6, 6.07) is 44.5. The van der Waals surface area contributed by atoms with Gasteiger partial charge in [-0.05, 0) is 40.5 Å². The van der Waals surface area contributed by atoms with Gasteiger partial charge in [0.2, 0.25) is 0 Å². The first-order valence-corrected chi connectivity index (χ1v) is 13.1. The van der Waals surface area contributed by atoms with E-state index < -0.39 is 16.7 Å². The van der Waals surface area contributed by atoms with Crippen molar-refractivity contribution < 1.29 is 63.2 Å². The number of hydrogen-bond donors (Lipinski definition) is 1. The summed E-state index contributed by atoms with van der Waals surface area (Å²) in [5.41, 5.74) is 4.31. The van der Waals surface area contributed by atoms with Crippen molar-refractivity contribution in [3.63, 3.8) is 0 Å². The third kappa shape index (κ3) is 15.0. The number of anilines is 1. The Hall–Kier alpha value is -3.36. The molecule has 0 heterocycles. The standard InChI is InChI=1S/C33H26FNO2S.Na.9H2O.H2S.H/c34-30-23-29(35-32(36)37-24-25-13-5-1-6-14-25)21-22-31(30)38-33(26-15-7-2-8-16-26,27-17-9-3-10-18-27)28-19-11-4-12-20-28;;;;;;;;;;;;/h1-23H,24H2,(H,35,36);;10*1H2;. The number of rotatable bonds is 8. The molecule has 0 atom stereocenters. The Morgan fingerprint density at radius 1 is 0.592 bits per heavy atom. The van der Waals surface area contributed by atoms with Crippen LogP contribution in [0.1, 0.15) is 22.3 Å². The number of ether oxygens (including phenoxy) is 1. The van der Waals surface area contributed by atoms with Crippen molar-refractivity contribution >= 4 is 66.6 Å². The van der Waals surface area contributed by atoms with Crippen molar-refractivity contribution in [1.29, 1.82) is 0 Å². The van der Waals surface area contributed by atoms with Crippen LogP contribution in [0.25, 0.3) is 0 Å². The first kappa shape index (κ1) is 60.9. The molecule has 0 aliphatic carbocycles. The van der Waals surface area contributed by atoms with E-state index in [2.05, 4.69) is 41.7 Å². The number of nitrogens with one attached hydrogen (secondary N) is 1. The normalized spacial score (nSPS) is 8.59. The molecule has 5 aromatic carbocycles. The van der Waals surface area contributed by atoms with E-state index in [1.807, 2.05) is 84.9 Å². The molecule has 0 bridgehead atoms. The van der Waals surface area contributed by atoms with Gasteiger partial charge in [0.05, 0.1) is 4.75 Å². The van der Waals surface area contributed by atoms with Gasteiger partial charge in [-0.25, -0.2) is 9.18 Å². The molecule has 0 aromatic heterocycles. The predicted octanol–water partition coefficient (Wildman–Crippen LogP) is 0.701. The summed E-state index contributed by atoms with van der Waals surface area (Å²) in [4.78, 5) is 12.8. The van der Waals surface area contributed by atoms with Gasteiger partial charge >= 0.3 is 35.7 Å². The van der Waals surface area contributed by atoms with E-state index in [-0.39, 0.29) is 98.9 Å². The molecule has 0 spiro atoms. The van der Waals surface area contributed by atoms with Crippen LogP contribution in [0.3, 0.4) is 0 Å². The van der Waals surface area contributed by atoms with Crippen LogP contribution >= 0.6 is 25.3 Å². The quantitative estimate of drug-likeness (QED) is 0.137. The zero-order valence-corrected chi connectivity index (χ0v) is 27.4. The molecular weight excluding hydrogens is 692 g/mol. The maximum absolute atomic E-state index is 15.6. The van der Waals surface area contributed by atoms with Gasteiger partial charge in [0.1, 0.15) is 12.4 Å². The Bertz CT molecular complexity index is 1420. The molecule has 1 amide bonds. The number of carbonyl (C=O) groups excluding carboxylic acids is 1. The van der Waals surface area contributed by atoms with Gasteiger partial charge in [-0.3, -0.25) is 5.32 Å². The van der Waals surface area contributed by atoms with Crippen LogP contribution in [-0.4, -0.2) is 84.9 Å². The minimum absolute atomic E-state index is 0. The minimum atomic E-state index is -0.700. The molecule has 19 N–H and O–H groups in total. The topological polar surface area (TPSA) is 322 Å². The van der Waals surface area contributed by atoms with Crippen molar-refractivity contribution in [3.8, 4) is 0 Å². The van der Waals surface area contributed by atoms with Crippen molar-refractivity contribution in [3.05, 3.63) is 168 Å². The van der Waals surface area contributed by atoms with Gasteiger partial charge in [0, 0.05) is 10.6 Å². The van der Waals surface area contributed by atoms with Crippen molar-refractivity contribution in [2.75, 3.05) is 5.32 Å². The molecular formula is C33H47FNNaO11S2. The van der Waals surface area contributed by atoms with Gasteiger partial charge in [-0.15, -0.1) is 11.8 Å². The molecule has 270 valence electrons. The summed E-state index contributed by atoms with van der Waals surface area (Å²) in [6.45, 7) is 0.136. The molecule has 12 nitrogen and oxygen atoms in total. The van der Waals surface area contributed by atoms with Crippen LogP contribution in [0, 0.1) is 5.82 Å². The molecule has 49 heavy (non-hydrogen) atoms. The summed E-state index contributed by atoms with van der Waals surface area (Å²) in [6.07, 6.45) is -0.638. The molecule has 0 saturated heterocycles. The number of carbonyl (C=O) groups is 1. The Morgan fingerprint density at radius 3 is 1.33 bits per heavy atom. The number of benzene rings is 5. The number of halogens is 1. The fraction of sp³-hybridized carbons (Fsp3) is 0.0606. The molecule has 0 unspecified atom stereocenters. The number of thioether (sulfide) groups is 1. The van der Waals surface area contributed by atoms with Crippen LogP contribution < -0.4 is 5.32 Å². The third-order valence-electron chi connectivity index (χ3n) is 6.20. The molecule has 5 aromatic rings. The van der Waals surface area contributed by atoms with Crippen LogP contribution in [0.15, 0.2) is 144 Å². The van der Waals surface area contributed by atoms with Crippen LogP contribution in [0.4, 0.5) is 14.9 Å². The monoisotopic (exact) mass is 739 g/mol. The van der Waals surface area contributed by atoms with E-state index in [1.54, 1.807) is 12.1 Å². The third-order valence-corrected chi connectivity index (χ3v) is 7.76. The van der Waals surface area contributed by atoms with Gasteiger partial charge in [0.25, 0.3) is 0 Å². The summed E-state index contributed by atoms with van der Waals surface area (Å²) in [5, 5.41) is 2.63. The second kappa shape index (κ2) is 29.5. The molecule has 0 saturated carbocycles. The van der Waals surface area contributed by atoms with E-state index in [0.717, 1.165) is 22.3 Å². The van der Waals surface area contributed by atoms with Crippen LogP contribution in [0.5, 0.6) is 0 Å². The second-order valence-corrected chi connectivity index (χ2v) is 9.97. The first-order chi connectivity index (χ1) is 18.6. The Morgan fingerprint density at radius 2 is 0.959 bits per heavy atom. The summed E-state index contributed by atoms with van der Waals surface area (Å²) >= 11 is 1.44. The van der Waals surface area contributed by atoms with Gasteiger partial charge < -0.3 is 54.0 Å². The zero-order chi connectivity index (χ0) is 26.2. The second-order valence-electron chi connectivity index (χ2n) is 8.71. The Balaban J connectivity index is -0.000000321. The van der Waals surface area contributed by atoms with Crippen molar-refractivity contribution in [2.24, 2.45) is 0 Å². The molecule has 16 heteroatoms. The summed E-state index contributed by atoms with van der Waals surface area (Å²) < 4.78 is 20.2. The van der Waals surface area contributed by atoms with Gasteiger partial charge in [0.15, 0.2) is 0 Å². The predicted molar refractivity (Wildman–Crippen MR) is 202 cm³/mol. The SMILES string of the molecule is O.O.O.O.O.O.O.O.O.O=C(Nc1ccc(SC(c2ccccc2)(c2ccccc2)c2ccccc2)c(F)c1)OCc1ccccc1.S.[NaH]. The van der Waals surface area contributed by atoms with E-state index in [1.165, 1.54) is 17.8 Å². The molecule has 0 radical (unpaired) electrons. The Labute approximate surface area is 317 Å². The summed E-state index contributed by atoms with van der Waals surface area (Å²) in [7, 11) is 0. The molecule has 5 rings (SSSR count). The number of amides is 1. The van der Waals surface area contributed by atoms with Gasteiger partial charge in [-0.2, -0.15) is 13.5 Å². The summed E-state index contributed by atoms with van der Waals surface area (Å²) in [5.74, 6) is -0.428. The molecule has 0 aliphatic heterocycles. The van der Waals surface area contributed by atoms with Gasteiger partial charge in [-0.1, -0.05) is 121 Å². The first-order valence-electron chi connectivity index (χ1n) is 12.3. The van der Waals surface area contributed by atoms with Crippen molar-refractivity contribution in [1.82, 2.24) is 0 Å².